The topological polar surface area (TPSA) is 38.7 Å². The molecule has 0 spiro atoms. The molecule has 0 aromatic carbocycles. The molecule has 0 aromatic heterocycles. The van der Waals surface area contributed by atoms with Crippen LogP contribution in [-0.4, -0.2) is 24.1 Å². The molecule has 0 radical (unpaired) electrons. The molecule has 1 heterocycles. The maximum Gasteiger partial charge on any atom is 0.199 e. The van der Waals surface area contributed by atoms with E-state index in [1.807, 2.05) is 6.92 Å². The molecule has 0 amide bonds. The van der Waals surface area contributed by atoms with Crippen LogP contribution in [0.5, 0.6) is 0 Å². The van der Waals surface area contributed by atoms with E-state index in [1.54, 1.807) is 7.11 Å². The van der Waals surface area contributed by atoms with Crippen LogP contribution in [0.15, 0.2) is 12.3 Å². The molecule has 0 unspecified atom stereocenters. The van der Waals surface area contributed by atoms with E-state index in [-0.39, 0.29) is 5.60 Å². The fourth-order valence-corrected chi connectivity index (χ4v) is 1.29. The van der Waals surface area contributed by atoms with Gasteiger partial charge in [-0.05, 0) is 6.92 Å². The molecule has 1 fully saturated rings. The number of hydrogen-bond acceptors (Lipinski definition) is 3. The minimum absolute atomic E-state index is 0.311. The first-order valence-electron chi connectivity index (χ1n) is 3.63. The van der Waals surface area contributed by atoms with Crippen LogP contribution in [0.1, 0.15) is 19.8 Å². The van der Waals surface area contributed by atoms with E-state index in [2.05, 4.69) is 6.58 Å². The van der Waals surface area contributed by atoms with Gasteiger partial charge in [-0.3, -0.25) is 0 Å². The standard InChI is InChI=1S/C8H14O3/c1-6-4-8(2,10-3)5-7(9)11-6/h7,9H,1,4-5H2,2-3H3/t7-,8-/m1/s1. The number of methoxy groups -OCH3 is 1. The van der Waals surface area contributed by atoms with Crippen LogP contribution in [0.25, 0.3) is 0 Å². The summed E-state index contributed by atoms with van der Waals surface area (Å²) in [5, 5.41) is 9.18. The van der Waals surface area contributed by atoms with E-state index in [0.29, 0.717) is 18.6 Å². The Morgan fingerprint density at radius 1 is 1.82 bits per heavy atom. The Balaban J connectivity index is 2.62. The van der Waals surface area contributed by atoms with Crippen LogP contribution in [-0.2, 0) is 9.47 Å². The molecule has 11 heavy (non-hydrogen) atoms. The van der Waals surface area contributed by atoms with Crippen molar-refractivity contribution in [3.63, 3.8) is 0 Å². The van der Waals surface area contributed by atoms with E-state index in [9.17, 15) is 5.11 Å². The van der Waals surface area contributed by atoms with Crippen molar-refractivity contribution in [3.05, 3.63) is 12.3 Å². The Labute approximate surface area is 66.6 Å². The molecule has 2 atom stereocenters. The second-order valence-corrected chi connectivity index (χ2v) is 3.15. The third-order valence-electron chi connectivity index (χ3n) is 1.97. The van der Waals surface area contributed by atoms with Crippen LogP contribution in [0.4, 0.5) is 0 Å². The predicted octanol–water partition coefficient (Wildman–Crippen LogP) is 1.03. The normalized spacial score (nSPS) is 38.5. The van der Waals surface area contributed by atoms with E-state index in [1.165, 1.54) is 0 Å². The molecular weight excluding hydrogens is 144 g/mol. The predicted molar refractivity (Wildman–Crippen MR) is 40.9 cm³/mol. The Kier molecular flexibility index (Phi) is 2.20. The third-order valence-corrected chi connectivity index (χ3v) is 1.97. The number of aliphatic hydroxyl groups excluding tert-OH is 1. The molecule has 1 N–H and O–H groups in total. The van der Waals surface area contributed by atoms with E-state index in [0.717, 1.165) is 0 Å². The zero-order valence-corrected chi connectivity index (χ0v) is 6.96. The van der Waals surface area contributed by atoms with Crippen molar-refractivity contribution >= 4 is 0 Å². The van der Waals surface area contributed by atoms with Gasteiger partial charge < -0.3 is 14.6 Å². The summed E-state index contributed by atoms with van der Waals surface area (Å²) in [6, 6.07) is 0. The van der Waals surface area contributed by atoms with Crippen molar-refractivity contribution in [3.8, 4) is 0 Å². The van der Waals surface area contributed by atoms with Crippen molar-refractivity contribution in [1.82, 2.24) is 0 Å². The van der Waals surface area contributed by atoms with Crippen molar-refractivity contribution in [2.75, 3.05) is 7.11 Å². The van der Waals surface area contributed by atoms with Gasteiger partial charge in [0.15, 0.2) is 6.29 Å². The van der Waals surface area contributed by atoms with Gasteiger partial charge in [0.1, 0.15) is 0 Å². The summed E-state index contributed by atoms with van der Waals surface area (Å²) >= 11 is 0. The lowest BCUT2D eigenvalue weighted by atomic mass is 9.94. The van der Waals surface area contributed by atoms with E-state index >= 15 is 0 Å². The molecule has 1 aliphatic heterocycles. The monoisotopic (exact) mass is 158 g/mol. The summed E-state index contributed by atoms with van der Waals surface area (Å²) in [5.74, 6) is 0.591. The van der Waals surface area contributed by atoms with Gasteiger partial charge in [0.05, 0.1) is 11.4 Å². The average Bonchev–Trinajstić information content (AvgIpc) is 1.84. The zero-order chi connectivity index (χ0) is 8.48. The van der Waals surface area contributed by atoms with Gasteiger partial charge in [-0.15, -0.1) is 0 Å². The quantitative estimate of drug-likeness (QED) is 0.619. The van der Waals surface area contributed by atoms with Gasteiger partial charge in [-0.2, -0.15) is 0 Å². The molecule has 1 rings (SSSR count). The second kappa shape index (κ2) is 2.83. The van der Waals surface area contributed by atoms with Crippen molar-refractivity contribution in [2.45, 2.75) is 31.7 Å². The number of rotatable bonds is 1. The molecule has 3 nitrogen and oxygen atoms in total. The molecule has 0 aromatic rings. The molecule has 1 aliphatic rings. The molecule has 0 bridgehead atoms. The minimum Gasteiger partial charge on any atom is -0.470 e. The fraction of sp³-hybridized carbons (Fsp3) is 0.750. The van der Waals surface area contributed by atoms with Crippen molar-refractivity contribution < 1.29 is 14.6 Å². The lowest BCUT2D eigenvalue weighted by Crippen LogP contribution is -2.38. The Hall–Kier alpha value is -0.540. The minimum atomic E-state index is -0.763. The third kappa shape index (κ3) is 1.94. The van der Waals surface area contributed by atoms with Crippen LogP contribution < -0.4 is 0 Å². The SMILES string of the molecule is C=C1C[C@@](C)(OC)C[C@H](O)O1. The van der Waals surface area contributed by atoms with Gasteiger partial charge in [-0.25, -0.2) is 0 Å². The average molecular weight is 158 g/mol. The first kappa shape index (κ1) is 8.56. The van der Waals surface area contributed by atoms with Gasteiger partial charge in [-0.1, -0.05) is 6.58 Å². The first-order chi connectivity index (χ1) is 5.06. The van der Waals surface area contributed by atoms with Crippen LogP contribution >= 0.6 is 0 Å². The number of aliphatic hydroxyl groups is 1. The van der Waals surface area contributed by atoms with Crippen molar-refractivity contribution in [2.24, 2.45) is 0 Å². The molecular formula is C8H14O3. The molecule has 3 heteroatoms. The van der Waals surface area contributed by atoms with Crippen molar-refractivity contribution in [1.29, 1.82) is 0 Å². The first-order valence-corrected chi connectivity index (χ1v) is 3.63. The molecule has 1 saturated heterocycles. The summed E-state index contributed by atoms with van der Waals surface area (Å²) < 4.78 is 10.2. The highest BCUT2D eigenvalue weighted by Gasteiger charge is 2.34. The van der Waals surface area contributed by atoms with Gasteiger partial charge in [0, 0.05) is 20.0 Å². The maximum atomic E-state index is 9.18. The number of hydrogen-bond donors (Lipinski definition) is 1. The Bertz CT molecular complexity index is 167. The lowest BCUT2D eigenvalue weighted by Gasteiger charge is -2.35. The molecule has 64 valence electrons. The maximum absolute atomic E-state index is 9.18. The van der Waals surface area contributed by atoms with Crippen LogP contribution in [0.2, 0.25) is 0 Å². The van der Waals surface area contributed by atoms with E-state index < -0.39 is 6.29 Å². The molecule has 0 saturated carbocycles. The Morgan fingerprint density at radius 2 is 2.45 bits per heavy atom. The van der Waals surface area contributed by atoms with Crippen LogP contribution in [0, 0.1) is 0 Å². The summed E-state index contributed by atoms with van der Waals surface area (Å²) in [5.41, 5.74) is -0.311. The molecule has 0 aliphatic carbocycles. The highest BCUT2D eigenvalue weighted by Crippen LogP contribution is 2.31. The fourth-order valence-electron chi connectivity index (χ4n) is 1.29. The smallest absolute Gasteiger partial charge is 0.199 e. The van der Waals surface area contributed by atoms with Gasteiger partial charge >= 0.3 is 0 Å². The highest BCUT2D eigenvalue weighted by atomic mass is 16.6. The lowest BCUT2D eigenvalue weighted by molar-refractivity contribution is -0.159. The number of ether oxygens (including phenoxy) is 2. The zero-order valence-electron chi connectivity index (χ0n) is 6.96. The second-order valence-electron chi connectivity index (χ2n) is 3.15. The summed E-state index contributed by atoms with van der Waals surface area (Å²) in [6.07, 6.45) is 0.393. The van der Waals surface area contributed by atoms with Gasteiger partial charge in [0.25, 0.3) is 0 Å². The summed E-state index contributed by atoms with van der Waals surface area (Å²) in [6.45, 7) is 5.58. The summed E-state index contributed by atoms with van der Waals surface area (Å²) in [4.78, 5) is 0. The highest BCUT2D eigenvalue weighted by molar-refractivity contribution is 4.97. The largest absolute Gasteiger partial charge is 0.470 e. The van der Waals surface area contributed by atoms with Gasteiger partial charge in [0.2, 0.25) is 0 Å². The summed E-state index contributed by atoms with van der Waals surface area (Å²) in [7, 11) is 1.63. The Morgan fingerprint density at radius 3 is 2.91 bits per heavy atom. The van der Waals surface area contributed by atoms with Crippen LogP contribution in [0.3, 0.4) is 0 Å². The van der Waals surface area contributed by atoms with E-state index in [4.69, 9.17) is 9.47 Å².